The van der Waals surface area contributed by atoms with Crippen LogP contribution in [0.5, 0.6) is 0 Å². The highest BCUT2D eigenvalue weighted by molar-refractivity contribution is 9.10. The number of nitrogens with zero attached hydrogens (tertiary/aromatic N) is 4. The number of nitrogens with one attached hydrogen (secondary N) is 1. The van der Waals surface area contributed by atoms with Crippen molar-refractivity contribution in [2.24, 2.45) is 12.9 Å². The van der Waals surface area contributed by atoms with E-state index < -0.39 is 0 Å². The number of nitrogens with two attached hydrogens (primary N) is 1. The van der Waals surface area contributed by atoms with Gasteiger partial charge in [0.15, 0.2) is 0 Å². The summed E-state index contributed by atoms with van der Waals surface area (Å²) in [6, 6.07) is 1.59. The van der Waals surface area contributed by atoms with Crippen LogP contribution in [0.1, 0.15) is 17.4 Å². The lowest BCUT2D eigenvalue weighted by Gasteiger charge is -2.15. The molecule has 2 rings (SSSR count). The van der Waals surface area contributed by atoms with Crippen LogP contribution < -0.4 is 11.3 Å². The van der Waals surface area contributed by atoms with Gasteiger partial charge in [-0.2, -0.15) is 5.10 Å². The molecule has 3 N–H and O–H groups in total. The molecule has 0 spiro atoms. The van der Waals surface area contributed by atoms with Crippen molar-refractivity contribution >= 4 is 15.9 Å². The van der Waals surface area contributed by atoms with Crippen molar-refractivity contribution in [1.82, 2.24) is 25.2 Å². The molecule has 0 aromatic carbocycles. The quantitative estimate of drug-likeness (QED) is 0.634. The van der Waals surface area contributed by atoms with E-state index in [0.29, 0.717) is 0 Å². The second kappa shape index (κ2) is 4.69. The van der Waals surface area contributed by atoms with E-state index in [2.05, 4.69) is 36.4 Å². The van der Waals surface area contributed by atoms with Gasteiger partial charge in [0.05, 0.1) is 22.1 Å². The van der Waals surface area contributed by atoms with Gasteiger partial charge in [-0.15, -0.1) is 0 Å². The Morgan fingerprint density at radius 3 is 2.88 bits per heavy atom. The Bertz CT molecular complexity index is 449. The summed E-state index contributed by atoms with van der Waals surface area (Å²) in [7, 11) is 1.85. The number of aryl methyl sites for hydroxylation is 1. The van der Waals surface area contributed by atoms with E-state index in [1.165, 1.54) is 6.33 Å². The number of halogens is 1. The van der Waals surface area contributed by atoms with Crippen LogP contribution >= 0.6 is 15.9 Å². The topological polar surface area (TPSA) is 81.7 Å². The van der Waals surface area contributed by atoms with Gasteiger partial charge in [0, 0.05) is 13.2 Å². The molecule has 0 saturated heterocycles. The maximum Gasteiger partial charge on any atom is 0.115 e. The molecule has 2 heterocycles. The Morgan fingerprint density at radius 2 is 2.38 bits per heavy atom. The van der Waals surface area contributed by atoms with Crippen molar-refractivity contribution in [3.05, 3.63) is 40.6 Å². The first kappa shape index (κ1) is 11.2. The summed E-state index contributed by atoms with van der Waals surface area (Å²) < 4.78 is 2.63. The minimum atomic E-state index is -0.218. The Balaban J connectivity index is 2.45. The SMILES string of the molecule is Cn1ncc(Br)c1C(NN)c1ccncn1. The fourth-order valence-electron chi connectivity index (χ4n) is 1.52. The second-order valence-electron chi connectivity index (χ2n) is 3.24. The number of aromatic nitrogens is 4. The average molecular weight is 283 g/mol. The van der Waals surface area contributed by atoms with Gasteiger partial charge in [0.2, 0.25) is 0 Å². The summed E-state index contributed by atoms with van der Waals surface area (Å²) in [5.74, 6) is 5.56. The van der Waals surface area contributed by atoms with Gasteiger partial charge in [-0.1, -0.05) is 0 Å². The molecule has 2 aromatic heterocycles. The molecule has 0 aliphatic heterocycles. The van der Waals surface area contributed by atoms with E-state index in [1.807, 2.05) is 13.1 Å². The largest absolute Gasteiger partial charge is 0.270 e. The lowest BCUT2D eigenvalue weighted by molar-refractivity contribution is 0.561. The highest BCUT2D eigenvalue weighted by Gasteiger charge is 2.20. The zero-order chi connectivity index (χ0) is 11.5. The van der Waals surface area contributed by atoms with Crippen LogP contribution in [-0.4, -0.2) is 19.7 Å². The monoisotopic (exact) mass is 282 g/mol. The van der Waals surface area contributed by atoms with Gasteiger partial charge in [0.25, 0.3) is 0 Å². The summed E-state index contributed by atoms with van der Waals surface area (Å²) in [5, 5.41) is 4.14. The first-order valence-electron chi connectivity index (χ1n) is 4.63. The Labute approximate surface area is 101 Å². The van der Waals surface area contributed by atoms with E-state index in [4.69, 9.17) is 5.84 Å². The van der Waals surface area contributed by atoms with Gasteiger partial charge in [0.1, 0.15) is 12.4 Å². The van der Waals surface area contributed by atoms with Crippen LogP contribution in [-0.2, 0) is 7.05 Å². The number of hydrogen-bond donors (Lipinski definition) is 2. The highest BCUT2D eigenvalue weighted by Crippen LogP contribution is 2.25. The van der Waals surface area contributed by atoms with E-state index in [9.17, 15) is 0 Å². The third-order valence-corrected chi connectivity index (χ3v) is 2.89. The van der Waals surface area contributed by atoms with Gasteiger partial charge >= 0.3 is 0 Å². The first-order chi connectivity index (χ1) is 7.74. The fourth-order valence-corrected chi connectivity index (χ4v) is 2.10. The molecule has 7 heteroatoms. The summed E-state index contributed by atoms with van der Waals surface area (Å²) in [6.07, 6.45) is 4.89. The molecule has 1 unspecified atom stereocenters. The summed E-state index contributed by atoms with van der Waals surface area (Å²) in [5.41, 5.74) is 4.43. The van der Waals surface area contributed by atoms with Gasteiger partial charge < -0.3 is 0 Å². The van der Waals surface area contributed by atoms with Crippen LogP contribution in [0.2, 0.25) is 0 Å². The maximum absolute atomic E-state index is 5.56. The van der Waals surface area contributed by atoms with Crippen molar-refractivity contribution in [2.75, 3.05) is 0 Å². The van der Waals surface area contributed by atoms with Crippen molar-refractivity contribution < 1.29 is 0 Å². The zero-order valence-corrected chi connectivity index (χ0v) is 10.2. The van der Waals surface area contributed by atoms with Crippen molar-refractivity contribution in [3.63, 3.8) is 0 Å². The molecular weight excluding hydrogens is 272 g/mol. The average Bonchev–Trinajstić information content (AvgIpc) is 2.63. The zero-order valence-electron chi connectivity index (χ0n) is 8.63. The van der Waals surface area contributed by atoms with E-state index in [-0.39, 0.29) is 6.04 Å². The molecule has 0 bridgehead atoms. The molecule has 16 heavy (non-hydrogen) atoms. The molecule has 0 aliphatic rings. The molecule has 2 aromatic rings. The number of rotatable bonds is 3. The van der Waals surface area contributed by atoms with Gasteiger partial charge in [-0.05, 0) is 22.0 Å². The lowest BCUT2D eigenvalue weighted by atomic mass is 10.1. The number of hydrogen-bond acceptors (Lipinski definition) is 5. The Morgan fingerprint density at radius 1 is 1.56 bits per heavy atom. The molecule has 0 radical (unpaired) electrons. The van der Waals surface area contributed by atoms with Crippen LogP contribution in [0.4, 0.5) is 0 Å². The second-order valence-corrected chi connectivity index (χ2v) is 4.09. The number of hydrazine groups is 1. The fraction of sp³-hybridized carbons (Fsp3) is 0.222. The molecule has 0 fully saturated rings. The summed E-state index contributed by atoms with van der Waals surface area (Å²) in [4.78, 5) is 8.05. The third kappa shape index (κ3) is 1.97. The van der Waals surface area contributed by atoms with Crippen LogP contribution in [0.25, 0.3) is 0 Å². The minimum absolute atomic E-state index is 0.218. The Hall–Kier alpha value is -1.31. The standard InChI is InChI=1S/C9H11BrN6/c1-16-9(6(10)4-14-16)8(15-11)7-2-3-12-5-13-7/h2-5,8,15H,11H2,1H3. The molecule has 0 amide bonds. The molecule has 0 aliphatic carbocycles. The molecule has 6 nitrogen and oxygen atoms in total. The molecule has 84 valence electrons. The molecule has 0 saturated carbocycles. The summed E-state index contributed by atoms with van der Waals surface area (Å²) in [6.45, 7) is 0. The molecular formula is C9H11BrN6. The van der Waals surface area contributed by atoms with E-state index in [1.54, 1.807) is 17.1 Å². The third-order valence-electron chi connectivity index (χ3n) is 2.28. The summed E-state index contributed by atoms with van der Waals surface area (Å²) >= 11 is 3.43. The van der Waals surface area contributed by atoms with Crippen molar-refractivity contribution in [3.8, 4) is 0 Å². The van der Waals surface area contributed by atoms with Gasteiger partial charge in [-0.25, -0.2) is 15.4 Å². The van der Waals surface area contributed by atoms with Crippen LogP contribution in [0.15, 0.2) is 29.3 Å². The normalized spacial score (nSPS) is 12.7. The first-order valence-corrected chi connectivity index (χ1v) is 5.42. The van der Waals surface area contributed by atoms with Crippen LogP contribution in [0, 0.1) is 0 Å². The van der Waals surface area contributed by atoms with Crippen molar-refractivity contribution in [2.45, 2.75) is 6.04 Å². The Kier molecular flexibility index (Phi) is 3.28. The van der Waals surface area contributed by atoms with Crippen molar-refractivity contribution in [1.29, 1.82) is 0 Å². The van der Waals surface area contributed by atoms with Crippen LogP contribution in [0.3, 0.4) is 0 Å². The van der Waals surface area contributed by atoms with E-state index in [0.717, 1.165) is 15.9 Å². The van der Waals surface area contributed by atoms with Gasteiger partial charge in [-0.3, -0.25) is 10.5 Å². The maximum atomic E-state index is 5.56. The predicted molar refractivity (Wildman–Crippen MR) is 62.1 cm³/mol. The smallest absolute Gasteiger partial charge is 0.115 e. The highest BCUT2D eigenvalue weighted by atomic mass is 79.9. The predicted octanol–water partition coefficient (Wildman–Crippen LogP) is 0.525. The minimum Gasteiger partial charge on any atom is -0.270 e. The van der Waals surface area contributed by atoms with E-state index >= 15 is 0 Å². The molecule has 1 atom stereocenters. The lowest BCUT2D eigenvalue weighted by Crippen LogP contribution is -2.31.